The minimum absolute atomic E-state index is 0.300. The van der Waals surface area contributed by atoms with Crippen LogP contribution in [0.1, 0.15) is 19.3 Å². The summed E-state index contributed by atoms with van der Waals surface area (Å²) in [5.41, 5.74) is 2.34. The molecule has 1 aromatic heterocycles. The number of rotatable bonds is 3. The van der Waals surface area contributed by atoms with Gasteiger partial charge in [-0.1, -0.05) is 0 Å². The lowest BCUT2D eigenvalue weighted by Crippen LogP contribution is -2.34. The fraction of sp³-hybridized carbons (Fsp3) is 0.467. The molecular weight excluding hydrogens is 254 g/mol. The van der Waals surface area contributed by atoms with E-state index in [1.807, 2.05) is 17.9 Å². The predicted octanol–water partition coefficient (Wildman–Crippen LogP) is 2.26. The van der Waals surface area contributed by atoms with Crippen LogP contribution in [0.3, 0.4) is 0 Å². The van der Waals surface area contributed by atoms with Crippen LogP contribution in [0.4, 0.5) is 5.69 Å². The smallest absolute Gasteiger partial charge is 0.303 e. The molecule has 0 aliphatic carbocycles. The second-order valence-electron chi connectivity index (χ2n) is 5.54. The van der Waals surface area contributed by atoms with Crippen LogP contribution in [-0.2, 0) is 11.8 Å². The van der Waals surface area contributed by atoms with Crippen molar-refractivity contribution in [1.29, 1.82) is 0 Å². The molecule has 0 unspecified atom stereocenters. The van der Waals surface area contributed by atoms with Crippen molar-refractivity contribution in [2.45, 2.75) is 19.3 Å². The molecule has 0 atom stereocenters. The summed E-state index contributed by atoms with van der Waals surface area (Å²) in [5, 5.41) is 14.3. The first-order valence-electron chi connectivity index (χ1n) is 7.02. The molecule has 1 saturated heterocycles. The number of fused-ring (bicyclic) bond motifs is 1. The standard InChI is InChI=1S/C15H19N3O2/c1-17-14-9-13(3-2-12(14)10-16-17)18-6-4-11(5-7-18)8-15(19)20/h2-3,9-11H,4-8H2,1H3,(H,19,20). The van der Waals surface area contributed by atoms with Crippen LogP contribution in [0.25, 0.3) is 10.9 Å². The predicted molar refractivity (Wildman–Crippen MR) is 77.9 cm³/mol. The summed E-state index contributed by atoms with van der Waals surface area (Å²) in [7, 11) is 1.95. The first-order chi connectivity index (χ1) is 9.63. The Kier molecular flexibility index (Phi) is 3.34. The number of carboxylic acids is 1. The zero-order valence-corrected chi connectivity index (χ0v) is 11.6. The third-order valence-electron chi connectivity index (χ3n) is 4.18. The van der Waals surface area contributed by atoms with Crippen molar-refractivity contribution in [3.05, 3.63) is 24.4 Å². The molecule has 1 fully saturated rings. The molecule has 0 bridgehead atoms. The van der Waals surface area contributed by atoms with Gasteiger partial charge in [0.1, 0.15) is 0 Å². The second kappa shape index (κ2) is 5.15. The van der Waals surface area contributed by atoms with Gasteiger partial charge in [0.05, 0.1) is 11.7 Å². The van der Waals surface area contributed by atoms with Crippen LogP contribution in [0.15, 0.2) is 24.4 Å². The Morgan fingerprint density at radius 3 is 2.85 bits per heavy atom. The van der Waals surface area contributed by atoms with E-state index in [0.717, 1.165) is 36.8 Å². The van der Waals surface area contributed by atoms with E-state index < -0.39 is 5.97 Å². The van der Waals surface area contributed by atoms with Gasteiger partial charge in [0.2, 0.25) is 0 Å². The molecule has 3 rings (SSSR count). The fourth-order valence-corrected chi connectivity index (χ4v) is 2.97. The number of carboxylic acid groups (broad SMARTS) is 1. The van der Waals surface area contributed by atoms with Gasteiger partial charge in [0, 0.05) is 37.6 Å². The number of anilines is 1. The van der Waals surface area contributed by atoms with Gasteiger partial charge < -0.3 is 10.0 Å². The third kappa shape index (κ3) is 2.48. The Bertz CT molecular complexity index is 627. The highest BCUT2D eigenvalue weighted by Crippen LogP contribution is 2.27. The monoisotopic (exact) mass is 273 g/mol. The molecule has 20 heavy (non-hydrogen) atoms. The molecule has 1 aliphatic heterocycles. The highest BCUT2D eigenvalue weighted by atomic mass is 16.4. The molecule has 0 radical (unpaired) electrons. The number of nitrogens with zero attached hydrogens (tertiary/aromatic N) is 3. The molecule has 5 nitrogen and oxygen atoms in total. The number of benzene rings is 1. The molecule has 0 spiro atoms. The molecule has 1 N–H and O–H groups in total. The summed E-state index contributed by atoms with van der Waals surface area (Å²) in [5.74, 6) is -0.357. The third-order valence-corrected chi connectivity index (χ3v) is 4.18. The maximum Gasteiger partial charge on any atom is 0.303 e. The van der Waals surface area contributed by atoms with Crippen molar-refractivity contribution in [1.82, 2.24) is 9.78 Å². The van der Waals surface area contributed by atoms with Crippen LogP contribution in [0.5, 0.6) is 0 Å². The van der Waals surface area contributed by atoms with E-state index in [9.17, 15) is 4.79 Å². The highest BCUT2D eigenvalue weighted by Gasteiger charge is 2.21. The number of aromatic nitrogens is 2. The first kappa shape index (κ1) is 13.0. The van der Waals surface area contributed by atoms with Crippen LogP contribution < -0.4 is 4.90 Å². The van der Waals surface area contributed by atoms with Crippen LogP contribution in [-0.4, -0.2) is 33.9 Å². The average Bonchev–Trinajstić information content (AvgIpc) is 2.80. The molecule has 5 heteroatoms. The first-order valence-corrected chi connectivity index (χ1v) is 7.02. The van der Waals surface area contributed by atoms with Gasteiger partial charge >= 0.3 is 5.97 Å². The van der Waals surface area contributed by atoms with E-state index in [-0.39, 0.29) is 0 Å². The molecule has 106 valence electrons. The Labute approximate surface area is 117 Å². The van der Waals surface area contributed by atoms with Crippen molar-refractivity contribution >= 4 is 22.6 Å². The number of carbonyl (C=O) groups is 1. The average molecular weight is 273 g/mol. The lowest BCUT2D eigenvalue weighted by Gasteiger charge is -2.33. The molecule has 0 saturated carbocycles. The lowest BCUT2D eigenvalue weighted by atomic mass is 9.93. The Morgan fingerprint density at radius 1 is 1.40 bits per heavy atom. The SMILES string of the molecule is Cn1ncc2ccc(N3CCC(CC(=O)O)CC3)cc21. The summed E-state index contributed by atoms with van der Waals surface area (Å²) in [6.07, 6.45) is 4.08. The van der Waals surface area contributed by atoms with E-state index >= 15 is 0 Å². The molecule has 1 aromatic carbocycles. The summed E-state index contributed by atoms with van der Waals surface area (Å²) >= 11 is 0. The number of aryl methyl sites for hydroxylation is 1. The highest BCUT2D eigenvalue weighted by molar-refractivity contribution is 5.82. The van der Waals surface area contributed by atoms with E-state index in [0.29, 0.717) is 12.3 Å². The van der Waals surface area contributed by atoms with Gasteiger partial charge in [0.15, 0.2) is 0 Å². The fourth-order valence-electron chi connectivity index (χ4n) is 2.97. The Morgan fingerprint density at radius 2 is 2.15 bits per heavy atom. The van der Waals surface area contributed by atoms with Gasteiger partial charge in [-0.25, -0.2) is 0 Å². The van der Waals surface area contributed by atoms with E-state index in [2.05, 4.69) is 28.2 Å². The number of hydrogen-bond donors (Lipinski definition) is 1. The van der Waals surface area contributed by atoms with Crippen molar-refractivity contribution in [2.24, 2.45) is 13.0 Å². The number of piperidine rings is 1. The van der Waals surface area contributed by atoms with Gasteiger partial charge in [-0.3, -0.25) is 9.48 Å². The molecule has 1 aliphatic rings. The lowest BCUT2D eigenvalue weighted by molar-refractivity contribution is -0.138. The summed E-state index contributed by atoms with van der Waals surface area (Å²) in [4.78, 5) is 13.1. The van der Waals surface area contributed by atoms with E-state index in [1.54, 1.807) is 0 Å². The summed E-state index contributed by atoms with van der Waals surface area (Å²) in [6, 6.07) is 6.39. The summed E-state index contributed by atoms with van der Waals surface area (Å²) in [6.45, 7) is 1.86. The van der Waals surface area contributed by atoms with E-state index in [1.165, 1.54) is 5.69 Å². The topological polar surface area (TPSA) is 58.4 Å². The van der Waals surface area contributed by atoms with Gasteiger partial charge in [-0.15, -0.1) is 0 Å². The van der Waals surface area contributed by atoms with Crippen molar-refractivity contribution in [3.8, 4) is 0 Å². The second-order valence-corrected chi connectivity index (χ2v) is 5.54. The van der Waals surface area contributed by atoms with Gasteiger partial charge in [-0.05, 0) is 37.0 Å². The zero-order chi connectivity index (χ0) is 14.1. The van der Waals surface area contributed by atoms with Crippen LogP contribution >= 0.6 is 0 Å². The van der Waals surface area contributed by atoms with Crippen molar-refractivity contribution in [2.75, 3.05) is 18.0 Å². The van der Waals surface area contributed by atoms with Gasteiger partial charge in [-0.2, -0.15) is 5.10 Å². The minimum atomic E-state index is -0.681. The molecule has 2 aromatic rings. The van der Waals surface area contributed by atoms with Gasteiger partial charge in [0.25, 0.3) is 0 Å². The molecule has 2 heterocycles. The maximum absolute atomic E-state index is 10.8. The number of aliphatic carboxylic acids is 1. The summed E-state index contributed by atoms with van der Waals surface area (Å²) < 4.78 is 1.88. The number of hydrogen-bond acceptors (Lipinski definition) is 3. The minimum Gasteiger partial charge on any atom is -0.481 e. The maximum atomic E-state index is 10.8. The Hall–Kier alpha value is -2.04. The normalized spacial score (nSPS) is 16.8. The van der Waals surface area contributed by atoms with Crippen molar-refractivity contribution in [3.63, 3.8) is 0 Å². The molecule has 0 amide bonds. The van der Waals surface area contributed by atoms with Crippen LogP contribution in [0, 0.1) is 5.92 Å². The Balaban J connectivity index is 1.73. The van der Waals surface area contributed by atoms with Crippen LogP contribution in [0.2, 0.25) is 0 Å². The molecular formula is C15H19N3O2. The zero-order valence-electron chi connectivity index (χ0n) is 11.6. The van der Waals surface area contributed by atoms with E-state index in [4.69, 9.17) is 5.11 Å². The van der Waals surface area contributed by atoms with Crippen molar-refractivity contribution < 1.29 is 9.90 Å². The quantitative estimate of drug-likeness (QED) is 0.932. The largest absolute Gasteiger partial charge is 0.481 e.